The second kappa shape index (κ2) is 4.57. The molecule has 0 aliphatic carbocycles. The van der Waals surface area contributed by atoms with Crippen LogP contribution in [0, 0.1) is 5.82 Å². The fourth-order valence-corrected chi connectivity index (χ4v) is 2.72. The molecule has 1 nitrogen and oxygen atoms in total. The standard InChI is InChI=1S/C11H13FIN/c12-10-1-2-11-8(5-10)3-4-14-7-9(11)6-13/h1-2,5,9,14H,3-4,6-7H2. The summed E-state index contributed by atoms with van der Waals surface area (Å²) in [6.45, 7) is 1.98. The Morgan fingerprint density at radius 1 is 1.50 bits per heavy atom. The lowest BCUT2D eigenvalue weighted by atomic mass is 9.95. The van der Waals surface area contributed by atoms with Gasteiger partial charge in [0.05, 0.1) is 0 Å². The Bertz CT molecular complexity index is 327. The molecule has 0 aromatic heterocycles. The van der Waals surface area contributed by atoms with Crippen LogP contribution >= 0.6 is 22.6 Å². The largest absolute Gasteiger partial charge is 0.316 e. The van der Waals surface area contributed by atoms with Gasteiger partial charge in [-0.25, -0.2) is 4.39 Å². The molecular formula is C11H13FIN. The minimum Gasteiger partial charge on any atom is -0.316 e. The first-order valence-electron chi connectivity index (χ1n) is 4.86. The molecular weight excluding hydrogens is 292 g/mol. The molecule has 0 fully saturated rings. The Balaban J connectivity index is 2.39. The predicted octanol–water partition coefficient (Wildman–Crippen LogP) is 2.49. The number of halogens is 2. The van der Waals surface area contributed by atoms with Gasteiger partial charge >= 0.3 is 0 Å². The highest BCUT2D eigenvalue weighted by atomic mass is 127. The molecule has 0 saturated heterocycles. The van der Waals surface area contributed by atoms with Crippen LogP contribution in [0.2, 0.25) is 0 Å². The van der Waals surface area contributed by atoms with Crippen LogP contribution in [0.15, 0.2) is 18.2 Å². The maximum atomic E-state index is 13.0. The summed E-state index contributed by atoms with van der Waals surface area (Å²) in [6.07, 6.45) is 0.945. The first-order chi connectivity index (χ1) is 6.81. The predicted molar refractivity (Wildman–Crippen MR) is 64.6 cm³/mol. The van der Waals surface area contributed by atoms with Gasteiger partial charge in [-0.05, 0) is 36.2 Å². The first-order valence-corrected chi connectivity index (χ1v) is 6.39. The van der Waals surface area contributed by atoms with Gasteiger partial charge in [0.15, 0.2) is 0 Å². The van der Waals surface area contributed by atoms with Crippen LogP contribution in [0.5, 0.6) is 0 Å². The lowest BCUT2D eigenvalue weighted by Crippen LogP contribution is -2.20. The molecule has 14 heavy (non-hydrogen) atoms. The van der Waals surface area contributed by atoms with Crippen molar-refractivity contribution in [2.45, 2.75) is 12.3 Å². The zero-order valence-corrected chi connectivity index (χ0v) is 10.1. The quantitative estimate of drug-likeness (QED) is 0.621. The summed E-state index contributed by atoms with van der Waals surface area (Å²) in [7, 11) is 0. The van der Waals surface area contributed by atoms with Crippen LogP contribution in [0.1, 0.15) is 17.0 Å². The molecule has 1 unspecified atom stereocenters. The van der Waals surface area contributed by atoms with E-state index in [0.29, 0.717) is 5.92 Å². The fourth-order valence-electron chi connectivity index (χ4n) is 1.94. The molecule has 1 aliphatic heterocycles. The molecule has 0 bridgehead atoms. The summed E-state index contributed by atoms with van der Waals surface area (Å²) in [5.41, 5.74) is 2.50. The normalized spacial score (nSPS) is 21.4. The van der Waals surface area contributed by atoms with E-state index in [4.69, 9.17) is 0 Å². The highest BCUT2D eigenvalue weighted by Crippen LogP contribution is 2.25. The molecule has 1 N–H and O–H groups in total. The second-order valence-corrected chi connectivity index (χ2v) is 4.53. The smallest absolute Gasteiger partial charge is 0.123 e. The third kappa shape index (κ3) is 2.08. The van der Waals surface area contributed by atoms with Crippen LogP contribution in [0.4, 0.5) is 4.39 Å². The lowest BCUT2D eigenvalue weighted by molar-refractivity contribution is 0.624. The summed E-state index contributed by atoms with van der Waals surface area (Å²) in [6, 6.07) is 5.20. The van der Waals surface area contributed by atoms with Crippen LogP contribution in [0.3, 0.4) is 0 Å². The molecule has 1 aromatic carbocycles. The maximum absolute atomic E-state index is 13.0. The molecule has 0 saturated carbocycles. The van der Waals surface area contributed by atoms with Gasteiger partial charge in [0, 0.05) is 16.9 Å². The molecule has 1 heterocycles. The van der Waals surface area contributed by atoms with Crippen molar-refractivity contribution in [1.29, 1.82) is 0 Å². The first kappa shape index (κ1) is 10.4. The summed E-state index contributed by atoms with van der Waals surface area (Å²) < 4.78 is 14.1. The molecule has 0 radical (unpaired) electrons. The number of hydrogen-bond donors (Lipinski definition) is 1. The molecule has 3 heteroatoms. The number of rotatable bonds is 1. The van der Waals surface area contributed by atoms with E-state index in [1.807, 2.05) is 6.07 Å². The van der Waals surface area contributed by atoms with E-state index in [1.165, 1.54) is 11.1 Å². The average Bonchev–Trinajstić information content (AvgIpc) is 2.38. The van der Waals surface area contributed by atoms with E-state index in [9.17, 15) is 4.39 Å². The zero-order chi connectivity index (χ0) is 9.97. The summed E-state index contributed by atoms with van der Waals surface area (Å²) in [5.74, 6) is 0.423. The molecule has 2 rings (SSSR count). The van der Waals surface area contributed by atoms with E-state index in [1.54, 1.807) is 12.1 Å². The van der Waals surface area contributed by atoms with Crippen molar-refractivity contribution in [3.05, 3.63) is 35.1 Å². The summed E-state index contributed by atoms with van der Waals surface area (Å²) >= 11 is 2.40. The highest BCUT2D eigenvalue weighted by Gasteiger charge is 2.17. The highest BCUT2D eigenvalue weighted by molar-refractivity contribution is 14.1. The molecule has 1 atom stereocenters. The van der Waals surface area contributed by atoms with E-state index in [2.05, 4.69) is 27.9 Å². The Hall–Kier alpha value is -0.160. The van der Waals surface area contributed by atoms with Crippen LogP contribution < -0.4 is 5.32 Å². The third-order valence-electron chi connectivity index (χ3n) is 2.69. The number of alkyl halides is 1. The molecule has 0 amide bonds. The van der Waals surface area contributed by atoms with Gasteiger partial charge in [-0.15, -0.1) is 0 Å². The maximum Gasteiger partial charge on any atom is 0.123 e. The topological polar surface area (TPSA) is 12.0 Å². The van der Waals surface area contributed by atoms with Gasteiger partial charge in [0.2, 0.25) is 0 Å². The summed E-state index contributed by atoms with van der Waals surface area (Å²) in [5, 5.41) is 3.39. The van der Waals surface area contributed by atoms with Crippen molar-refractivity contribution in [3.8, 4) is 0 Å². The van der Waals surface area contributed by atoms with E-state index < -0.39 is 0 Å². The van der Waals surface area contributed by atoms with Gasteiger partial charge in [-0.3, -0.25) is 0 Å². The van der Waals surface area contributed by atoms with Crippen LogP contribution in [-0.4, -0.2) is 17.5 Å². The number of hydrogen-bond acceptors (Lipinski definition) is 1. The SMILES string of the molecule is Fc1ccc2c(c1)CCNCC2CI. The van der Waals surface area contributed by atoms with Gasteiger partial charge in [0.25, 0.3) is 0 Å². The van der Waals surface area contributed by atoms with Crippen molar-refractivity contribution < 1.29 is 4.39 Å². The molecule has 0 spiro atoms. The Labute approximate surface area is 97.2 Å². The van der Waals surface area contributed by atoms with E-state index >= 15 is 0 Å². The van der Waals surface area contributed by atoms with Gasteiger partial charge in [-0.2, -0.15) is 0 Å². The Morgan fingerprint density at radius 2 is 2.36 bits per heavy atom. The second-order valence-electron chi connectivity index (χ2n) is 3.65. The number of benzene rings is 1. The van der Waals surface area contributed by atoms with Gasteiger partial charge < -0.3 is 5.32 Å². The monoisotopic (exact) mass is 305 g/mol. The Morgan fingerprint density at radius 3 is 3.14 bits per heavy atom. The van der Waals surface area contributed by atoms with Crippen molar-refractivity contribution in [2.75, 3.05) is 17.5 Å². The van der Waals surface area contributed by atoms with E-state index in [0.717, 1.165) is 23.9 Å². The van der Waals surface area contributed by atoms with Crippen LogP contribution in [0.25, 0.3) is 0 Å². The van der Waals surface area contributed by atoms with Crippen molar-refractivity contribution in [2.24, 2.45) is 0 Å². The van der Waals surface area contributed by atoms with Crippen molar-refractivity contribution in [1.82, 2.24) is 5.32 Å². The fraction of sp³-hybridized carbons (Fsp3) is 0.455. The third-order valence-corrected chi connectivity index (χ3v) is 3.76. The van der Waals surface area contributed by atoms with Gasteiger partial charge in [-0.1, -0.05) is 28.7 Å². The molecule has 1 aliphatic rings. The van der Waals surface area contributed by atoms with Gasteiger partial charge in [0.1, 0.15) is 5.82 Å². The Kier molecular flexibility index (Phi) is 3.38. The number of fused-ring (bicyclic) bond motifs is 1. The minimum atomic E-state index is -0.113. The van der Waals surface area contributed by atoms with Crippen molar-refractivity contribution >= 4 is 22.6 Å². The minimum absolute atomic E-state index is 0.113. The zero-order valence-electron chi connectivity index (χ0n) is 7.89. The molecule has 76 valence electrons. The lowest BCUT2D eigenvalue weighted by Gasteiger charge is -2.14. The summed E-state index contributed by atoms with van der Waals surface area (Å²) in [4.78, 5) is 0. The van der Waals surface area contributed by atoms with Crippen molar-refractivity contribution in [3.63, 3.8) is 0 Å². The average molecular weight is 305 g/mol. The van der Waals surface area contributed by atoms with E-state index in [-0.39, 0.29) is 5.82 Å². The molecule has 1 aromatic rings. The number of nitrogens with one attached hydrogen (secondary N) is 1. The van der Waals surface area contributed by atoms with Crippen LogP contribution in [-0.2, 0) is 6.42 Å².